The van der Waals surface area contributed by atoms with Crippen LogP contribution in [0.4, 0.5) is 5.95 Å². The fourth-order valence-electron chi connectivity index (χ4n) is 3.52. The topological polar surface area (TPSA) is 44.3 Å². The van der Waals surface area contributed by atoms with Gasteiger partial charge in [-0.25, -0.2) is 9.97 Å². The molecule has 2 aliphatic rings. The average Bonchev–Trinajstić information content (AvgIpc) is 2.57. The summed E-state index contributed by atoms with van der Waals surface area (Å²) in [6, 6.07) is 0.783. The highest BCUT2D eigenvalue weighted by Crippen LogP contribution is 2.22. The summed E-state index contributed by atoms with van der Waals surface area (Å²) in [7, 11) is 1.94. The molecule has 0 bridgehead atoms. The van der Waals surface area contributed by atoms with Gasteiger partial charge in [-0.15, -0.1) is 0 Å². The number of hydrogen-bond donors (Lipinski definition) is 1. The van der Waals surface area contributed by atoms with E-state index in [1.165, 1.54) is 45.2 Å². The van der Waals surface area contributed by atoms with E-state index in [2.05, 4.69) is 25.1 Å². The summed E-state index contributed by atoms with van der Waals surface area (Å²) in [6.45, 7) is 5.62. The van der Waals surface area contributed by atoms with Gasteiger partial charge in [0.25, 0.3) is 0 Å². The fraction of sp³-hybridized carbons (Fsp3) is 0.750. The molecule has 5 heteroatoms. The normalized spacial score (nSPS) is 21.7. The summed E-state index contributed by atoms with van der Waals surface area (Å²) in [5.74, 6) is 0.895. The third kappa shape index (κ3) is 3.71. The molecule has 0 aromatic carbocycles. The predicted molar refractivity (Wildman–Crippen MR) is 85.5 cm³/mol. The zero-order valence-corrected chi connectivity index (χ0v) is 13.1. The molecule has 0 amide bonds. The van der Waals surface area contributed by atoms with E-state index in [0.717, 1.165) is 37.2 Å². The fourth-order valence-corrected chi connectivity index (χ4v) is 3.52. The van der Waals surface area contributed by atoms with Crippen molar-refractivity contribution >= 4 is 5.95 Å². The predicted octanol–water partition coefficient (Wildman–Crippen LogP) is 1.65. The summed E-state index contributed by atoms with van der Waals surface area (Å²) in [5.41, 5.74) is 1.14. The van der Waals surface area contributed by atoms with Crippen LogP contribution in [0.25, 0.3) is 0 Å². The minimum absolute atomic E-state index is 0.783. The molecule has 1 aromatic heterocycles. The zero-order chi connectivity index (χ0) is 14.5. The Hall–Kier alpha value is -1.20. The maximum absolute atomic E-state index is 4.52. The molecule has 2 saturated heterocycles. The third-order valence-corrected chi connectivity index (χ3v) is 4.73. The van der Waals surface area contributed by atoms with Crippen molar-refractivity contribution in [2.75, 3.05) is 38.1 Å². The second kappa shape index (κ2) is 7.18. The van der Waals surface area contributed by atoms with Gasteiger partial charge in [-0.1, -0.05) is 6.42 Å². The highest BCUT2D eigenvalue weighted by molar-refractivity contribution is 5.30. The standard InChI is InChI=1S/C16H27N5/c1-17-11-14-12-18-16(19-13-14)21-9-5-15(6-10-21)20-7-3-2-4-8-20/h12-13,15,17H,2-11H2,1H3. The molecule has 0 saturated carbocycles. The first kappa shape index (κ1) is 14.7. The van der Waals surface area contributed by atoms with Crippen molar-refractivity contribution < 1.29 is 0 Å². The van der Waals surface area contributed by atoms with Gasteiger partial charge in [0.05, 0.1) is 0 Å². The first-order chi connectivity index (χ1) is 10.4. The Labute approximate surface area is 127 Å². The minimum atomic E-state index is 0.783. The molecule has 2 fully saturated rings. The number of likely N-dealkylation sites (tertiary alicyclic amines) is 1. The van der Waals surface area contributed by atoms with Crippen molar-refractivity contribution in [2.45, 2.75) is 44.7 Å². The van der Waals surface area contributed by atoms with Gasteiger partial charge in [-0.2, -0.15) is 0 Å². The molecule has 0 unspecified atom stereocenters. The Kier molecular flexibility index (Phi) is 5.04. The Morgan fingerprint density at radius 1 is 1.05 bits per heavy atom. The van der Waals surface area contributed by atoms with Crippen LogP contribution in [0, 0.1) is 0 Å². The number of nitrogens with zero attached hydrogens (tertiary/aromatic N) is 4. The monoisotopic (exact) mass is 289 g/mol. The highest BCUT2D eigenvalue weighted by Gasteiger charge is 2.26. The summed E-state index contributed by atoms with van der Waals surface area (Å²) in [6.07, 6.45) is 10.6. The van der Waals surface area contributed by atoms with Crippen LogP contribution in [-0.2, 0) is 6.54 Å². The summed E-state index contributed by atoms with van der Waals surface area (Å²) in [5, 5.41) is 3.13. The van der Waals surface area contributed by atoms with Crippen molar-refractivity contribution in [2.24, 2.45) is 0 Å². The van der Waals surface area contributed by atoms with E-state index in [-0.39, 0.29) is 0 Å². The molecule has 116 valence electrons. The van der Waals surface area contributed by atoms with Gasteiger partial charge in [0.2, 0.25) is 5.95 Å². The lowest BCUT2D eigenvalue weighted by Gasteiger charge is -2.40. The Morgan fingerprint density at radius 3 is 2.33 bits per heavy atom. The van der Waals surface area contributed by atoms with Crippen LogP contribution in [-0.4, -0.2) is 54.1 Å². The molecule has 1 N–H and O–H groups in total. The Morgan fingerprint density at radius 2 is 1.71 bits per heavy atom. The van der Waals surface area contributed by atoms with E-state index in [1.807, 2.05) is 19.4 Å². The molecule has 3 rings (SSSR count). The van der Waals surface area contributed by atoms with E-state index in [9.17, 15) is 0 Å². The summed E-state index contributed by atoms with van der Waals surface area (Å²) in [4.78, 5) is 14.1. The SMILES string of the molecule is CNCc1cnc(N2CCC(N3CCCCC3)CC2)nc1. The van der Waals surface area contributed by atoms with Crippen LogP contribution >= 0.6 is 0 Å². The molecular formula is C16H27N5. The number of anilines is 1. The van der Waals surface area contributed by atoms with Crippen molar-refractivity contribution in [1.29, 1.82) is 0 Å². The molecule has 0 aliphatic carbocycles. The van der Waals surface area contributed by atoms with E-state index < -0.39 is 0 Å². The van der Waals surface area contributed by atoms with Gasteiger partial charge in [-0.05, 0) is 45.8 Å². The maximum atomic E-state index is 4.52. The molecule has 1 aromatic rings. The van der Waals surface area contributed by atoms with Crippen LogP contribution in [0.15, 0.2) is 12.4 Å². The van der Waals surface area contributed by atoms with Gasteiger partial charge in [0, 0.05) is 43.6 Å². The Bertz CT molecular complexity index is 419. The van der Waals surface area contributed by atoms with E-state index in [0.29, 0.717) is 0 Å². The van der Waals surface area contributed by atoms with E-state index >= 15 is 0 Å². The van der Waals surface area contributed by atoms with E-state index in [1.54, 1.807) is 0 Å². The molecular weight excluding hydrogens is 262 g/mol. The number of rotatable bonds is 4. The van der Waals surface area contributed by atoms with Crippen molar-refractivity contribution in [3.8, 4) is 0 Å². The van der Waals surface area contributed by atoms with Crippen LogP contribution in [0.3, 0.4) is 0 Å². The molecule has 0 radical (unpaired) electrons. The van der Waals surface area contributed by atoms with Crippen LogP contribution in [0.5, 0.6) is 0 Å². The lowest BCUT2D eigenvalue weighted by atomic mass is 10.0. The molecule has 21 heavy (non-hydrogen) atoms. The lowest BCUT2D eigenvalue weighted by molar-refractivity contribution is 0.141. The average molecular weight is 289 g/mol. The first-order valence-electron chi connectivity index (χ1n) is 8.31. The molecule has 2 aliphatic heterocycles. The number of nitrogens with one attached hydrogen (secondary N) is 1. The summed E-state index contributed by atoms with van der Waals surface area (Å²) < 4.78 is 0. The van der Waals surface area contributed by atoms with Crippen LogP contribution in [0.1, 0.15) is 37.7 Å². The van der Waals surface area contributed by atoms with Gasteiger partial charge in [0.15, 0.2) is 0 Å². The second-order valence-electron chi connectivity index (χ2n) is 6.24. The largest absolute Gasteiger partial charge is 0.341 e. The zero-order valence-electron chi connectivity index (χ0n) is 13.1. The quantitative estimate of drug-likeness (QED) is 0.913. The number of hydrogen-bond acceptors (Lipinski definition) is 5. The van der Waals surface area contributed by atoms with Crippen molar-refractivity contribution in [3.63, 3.8) is 0 Å². The Balaban J connectivity index is 1.52. The molecule has 3 heterocycles. The van der Waals surface area contributed by atoms with Crippen molar-refractivity contribution in [3.05, 3.63) is 18.0 Å². The van der Waals surface area contributed by atoms with Crippen LogP contribution < -0.4 is 10.2 Å². The smallest absolute Gasteiger partial charge is 0.225 e. The van der Waals surface area contributed by atoms with Crippen molar-refractivity contribution in [1.82, 2.24) is 20.2 Å². The third-order valence-electron chi connectivity index (χ3n) is 4.73. The highest BCUT2D eigenvalue weighted by atomic mass is 15.3. The van der Waals surface area contributed by atoms with E-state index in [4.69, 9.17) is 0 Å². The van der Waals surface area contributed by atoms with Gasteiger partial charge >= 0.3 is 0 Å². The van der Waals surface area contributed by atoms with Gasteiger partial charge in [-0.3, -0.25) is 0 Å². The maximum Gasteiger partial charge on any atom is 0.225 e. The summed E-state index contributed by atoms with van der Waals surface area (Å²) >= 11 is 0. The molecule has 0 spiro atoms. The second-order valence-corrected chi connectivity index (χ2v) is 6.24. The molecule has 5 nitrogen and oxygen atoms in total. The number of piperidine rings is 2. The minimum Gasteiger partial charge on any atom is -0.341 e. The first-order valence-corrected chi connectivity index (χ1v) is 8.31. The van der Waals surface area contributed by atoms with Gasteiger partial charge < -0.3 is 15.1 Å². The van der Waals surface area contributed by atoms with Gasteiger partial charge in [0.1, 0.15) is 0 Å². The van der Waals surface area contributed by atoms with Crippen LogP contribution in [0.2, 0.25) is 0 Å². The lowest BCUT2D eigenvalue weighted by Crippen LogP contribution is -2.47. The number of aromatic nitrogens is 2. The molecule has 0 atom stereocenters.